The molecule has 1 aliphatic rings. The number of carbonyl (C=O) groups excluding carboxylic acids is 1. The molecule has 1 rings (SSSR count). The summed E-state index contributed by atoms with van der Waals surface area (Å²) in [6, 6.07) is 0. The summed E-state index contributed by atoms with van der Waals surface area (Å²) in [4.78, 5) is 16.3. The zero-order chi connectivity index (χ0) is 12.7. The lowest BCUT2D eigenvalue weighted by Crippen LogP contribution is -2.50. The van der Waals surface area contributed by atoms with Crippen molar-refractivity contribution in [2.24, 2.45) is 11.7 Å². The number of nitrogens with zero attached hydrogens (tertiary/aromatic N) is 2. The average molecular weight is 237 g/mol. The summed E-state index contributed by atoms with van der Waals surface area (Å²) in [6.45, 7) is 6.71. The second-order valence-corrected chi connectivity index (χ2v) is 4.64. The van der Waals surface area contributed by atoms with Crippen LogP contribution in [0.5, 0.6) is 0 Å². The molecule has 0 spiro atoms. The minimum Gasteiger partial charge on any atom is -0.340 e. The van der Waals surface area contributed by atoms with E-state index in [9.17, 15) is 4.79 Å². The van der Waals surface area contributed by atoms with E-state index in [1.54, 1.807) is 0 Å². The molecule has 1 heterocycles. The molecule has 0 radical (unpaired) electrons. The van der Waals surface area contributed by atoms with E-state index in [0.29, 0.717) is 13.1 Å². The minimum absolute atomic E-state index is 0.0951. The van der Waals surface area contributed by atoms with Gasteiger partial charge in [0.05, 0.1) is 6.54 Å². The SMILES string of the molecule is C#CCN1CCN(C(=O)C(C)CCCN)CC1. The van der Waals surface area contributed by atoms with Crippen molar-refractivity contribution >= 4 is 5.91 Å². The van der Waals surface area contributed by atoms with Crippen LogP contribution >= 0.6 is 0 Å². The van der Waals surface area contributed by atoms with Crippen molar-refractivity contribution in [3.8, 4) is 12.3 Å². The normalized spacial score (nSPS) is 18.8. The van der Waals surface area contributed by atoms with Gasteiger partial charge in [-0.15, -0.1) is 6.42 Å². The molecular weight excluding hydrogens is 214 g/mol. The molecule has 1 fully saturated rings. The Balaban J connectivity index is 2.33. The van der Waals surface area contributed by atoms with Gasteiger partial charge in [0, 0.05) is 32.1 Å². The lowest BCUT2D eigenvalue weighted by atomic mass is 10.0. The summed E-state index contributed by atoms with van der Waals surface area (Å²) in [5.41, 5.74) is 5.46. The Labute approximate surface area is 104 Å². The lowest BCUT2D eigenvalue weighted by molar-refractivity contribution is -0.136. The van der Waals surface area contributed by atoms with Gasteiger partial charge in [0.15, 0.2) is 0 Å². The predicted octanol–water partition coefficient (Wildman–Crippen LogP) is 0.139. The first kappa shape index (κ1) is 14.0. The Morgan fingerprint density at radius 1 is 1.41 bits per heavy atom. The Hall–Kier alpha value is -1.05. The second kappa shape index (κ2) is 7.31. The smallest absolute Gasteiger partial charge is 0.225 e. The van der Waals surface area contributed by atoms with E-state index in [1.165, 1.54) is 0 Å². The number of hydrogen-bond acceptors (Lipinski definition) is 3. The van der Waals surface area contributed by atoms with Gasteiger partial charge in [-0.05, 0) is 19.4 Å². The van der Waals surface area contributed by atoms with Crippen LogP contribution in [0.25, 0.3) is 0 Å². The molecule has 96 valence electrons. The molecule has 1 saturated heterocycles. The first-order chi connectivity index (χ1) is 8.19. The molecule has 1 atom stereocenters. The van der Waals surface area contributed by atoms with Gasteiger partial charge in [0.25, 0.3) is 0 Å². The maximum atomic E-state index is 12.1. The molecule has 1 amide bonds. The van der Waals surface area contributed by atoms with E-state index in [-0.39, 0.29) is 11.8 Å². The standard InChI is InChI=1S/C13H23N3O/c1-3-7-15-8-10-16(11-9-15)13(17)12(2)5-4-6-14/h1,12H,4-11,14H2,2H3. The first-order valence-electron chi connectivity index (χ1n) is 6.33. The van der Waals surface area contributed by atoms with E-state index in [0.717, 1.165) is 39.0 Å². The van der Waals surface area contributed by atoms with Gasteiger partial charge in [-0.2, -0.15) is 0 Å². The molecule has 1 unspecified atom stereocenters. The summed E-state index contributed by atoms with van der Waals surface area (Å²) in [7, 11) is 0. The van der Waals surface area contributed by atoms with E-state index in [2.05, 4.69) is 10.8 Å². The molecular formula is C13H23N3O. The van der Waals surface area contributed by atoms with Crippen LogP contribution in [0.4, 0.5) is 0 Å². The van der Waals surface area contributed by atoms with Crippen LogP contribution < -0.4 is 5.73 Å². The number of terminal acetylenes is 1. The van der Waals surface area contributed by atoms with E-state index < -0.39 is 0 Å². The number of piperazine rings is 1. The lowest BCUT2D eigenvalue weighted by Gasteiger charge is -2.35. The number of nitrogens with two attached hydrogens (primary N) is 1. The molecule has 1 aliphatic heterocycles. The molecule has 0 aromatic heterocycles. The zero-order valence-electron chi connectivity index (χ0n) is 10.7. The van der Waals surface area contributed by atoms with Crippen LogP contribution in [0.15, 0.2) is 0 Å². The van der Waals surface area contributed by atoms with Gasteiger partial charge in [-0.3, -0.25) is 9.69 Å². The minimum atomic E-state index is 0.0951. The van der Waals surface area contributed by atoms with Crippen molar-refractivity contribution in [3.05, 3.63) is 0 Å². The van der Waals surface area contributed by atoms with Crippen LogP contribution in [0.3, 0.4) is 0 Å². The molecule has 0 aliphatic carbocycles. The highest BCUT2D eigenvalue weighted by molar-refractivity contribution is 5.78. The van der Waals surface area contributed by atoms with Gasteiger partial charge >= 0.3 is 0 Å². The molecule has 0 aromatic rings. The van der Waals surface area contributed by atoms with Crippen molar-refractivity contribution in [3.63, 3.8) is 0 Å². The van der Waals surface area contributed by atoms with Crippen LogP contribution in [0, 0.1) is 18.3 Å². The third-order valence-electron chi connectivity index (χ3n) is 3.26. The maximum absolute atomic E-state index is 12.1. The quantitative estimate of drug-likeness (QED) is 0.692. The van der Waals surface area contributed by atoms with Crippen LogP contribution in [0.1, 0.15) is 19.8 Å². The molecule has 2 N–H and O–H groups in total. The highest BCUT2D eigenvalue weighted by atomic mass is 16.2. The molecule has 4 heteroatoms. The van der Waals surface area contributed by atoms with E-state index >= 15 is 0 Å². The Bertz CT molecular complexity index is 277. The van der Waals surface area contributed by atoms with Crippen LogP contribution in [-0.4, -0.2) is 55.0 Å². The summed E-state index contributed by atoms with van der Waals surface area (Å²) in [6.07, 6.45) is 7.08. The fourth-order valence-electron chi connectivity index (χ4n) is 2.11. The second-order valence-electron chi connectivity index (χ2n) is 4.64. The Morgan fingerprint density at radius 3 is 2.59 bits per heavy atom. The molecule has 0 saturated carbocycles. The van der Waals surface area contributed by atoms with Gasteiger partial charge in [-0.1, -0.05) is 12.8 Å². The van der Waals surface area contributed by atoms with Crippen molar-refractivity contribution in [2.75, 3.05) is 39.3 Å². The van der Waals surface area contributed by atoms with E-state index in [4.69, 9.17) is 12.2 Å². The summed E-state index contributed by atoms with van der Waals surface area (Å²) in [5, 5.41) is 0. The highest BCUT2D eigenvalue weighted by Gasteiger charge is 2.23. The molecule has 17 heavy (non-hydrogen) atoms. The first-order valence-corrected chi connectivity index (χ1v) is 6.33. The fraction of sp³-hybridized carbons (Fsp3) is 0.769. The van der Waals surface area contributed by atoms with Gasteiger partial charge in [0.1, 0.15) is 0 Å². The van der Waals surface area contributed by atoms with Crippen LogP contribution in [0.2, 0.25) is 0 Å². The largest absolute Gasteiger partial charge is 0.340 e. The summed E-state index contributed by atoms with van der Waals surface area (Å²) in [5.74, 6) is 3.00. The van der Waals surface area contributed by atoms with Crippen molar-refractivity contribution in [2.45, 2.75) is 19.8 Å². The predicted molar refractivity (Wildman–Crippen MR) is 69.3 cm³/mol. The van der Waals surface area contributed by atoms with Crippen molar-refractivity contribution in [1.82, 2.24) is 9.80 Å². The Morgan fingerprint density at radius 2 is 2.06 bits per heavy atom. The maximum Gasteiger partial charge on any atom is 0.225 e. The third-order valence-corrected chi connectivity index (χ3v) is 3.26. The zero-order valence-corrected chi connectivity index (χ0v) is 10.7. The van der Waals surface area contributed by atoms with Gasteiger partial charge in [-0.25, -0.2) is 0 Å². The monoisotopic (exact) mass is 237 g/mol. The van der Waals surface area contributed by atoms with Crippen LogP contribution in [-0.2, 0) is 4.79 Å². The Kier molecular flexibility index (Phi) is 6.03. The summed E-state index contributed by atoms with van der Waals surface area (Å²) < 4.78 is 0. The topological polar surface area (TPSA) is 49.6 Å². The number of hydrogen-bond donors (Lipinski definition) is 1. The number of amides is 1. The van der Waals surface area contributed by atoms with Gasteiger partial charge < -0.3 is 10.6 Å². The molecule has 0 aromatic carbocycles. The van der Waals surface area contributed by atoms with E-state index in [1.807, 2.05) is 11.8 Å². The summed E-state index contributed by atoms with van der Waals surface area (Å²) >= 11 is 0. The number of carbonyl (C=O) groups is 1. The third kappa shape index (κ3) is 4.37. The van der Waals surface area contributed by atoms with Crippen molar-refractivity contribution < 1.29 is 4.79 Å². The van der Waals surface area contributed by atoms with Gasteiger partial charge in [0.2, 0.25) is 5.91 Å². The van der Waals surface area contributed by atoms with Crippen molar-refractivity contribution in [1.29, 1.82) is 0 Å². The number of rotatable bonds is 5. The molecule has 4 nitrogen and oxygen atoms in total. The highest BCUT2D eigenvalue weighted by Crippen LogP contribution is 2.11. The molecule has 0 bridgehead atoms. The fourth-order valence-corrected chi connectivity index (χ4v) is 2.11. The average Bonchev–Trinajstić information content (AvgIpc) is 2.36.